The summed E-state index contributed by atoms with van der Waals surface area (Å²) in [7, 11) is 6.21. The highest BCUT2D eigenvalue weighted by Gasteiger charge is 2.28. The number of nitrogens with one attached hydrogen (secondary N) is 3. The van der Waals surface area contributed by atoms with Crippen LogP contribution in [0.2, 0.25) is 0 Å². The topological polar surface area (TPSA) is 62.1 Å². The molecular formula is C105H216N4. The molecule has 0 aromatic carbocycles. The van der Waals surface area contributed by atoms with E-state index in [9.17, 15) is 0 Å². The normalized spacial score (nSPS) is 30.7. The van der Waals surface area contributed by atoms with Crippen molar-refractivity contribution >= 4 is 0 Å². The summed E-state index contributed by atoms with van der Waals surface area (Å²) in [5.74, 6) is 26.4. The van der Waals surface area contributed by atoms with Crippen LogP contribution in [0.4, 0.5) is 0 Å². The molecule has 0 radical (unpaired) electrons. The lowest BCUT2D eigenvalue weighted by Gasteiger charge is -2.29. The van der Waals surface area contributed by atoms with E-state index in [0.29, 0.717) is 0 Å². The van der Waals surface area contributed by atoms with Crippen molar-refractivity contribution in [1.82, 2.24) is 16.0 Å². The molecule has 0 aliphatic heterocycles. The van der Waals surface area contributed by atoms with E-state index >= 15 is 0 Å². The Bertz CT molecular complexity index is 1630. The Hall–Kier alpha value is -0.160. The van der Waals surface area contributed by atoms with Crippen molar-refractivity contribution in [2.24, 2.45) is 166 Å². The second-order valence-corrected chi connectivity index (χ2v) is 44.1. The summed E-state index contributed by atoms with van der Waals surface area (Å²) < 4.78 is 0. The van der Waals surface area contributed by atoms with E-state index in [1.807, 2.05) is 0 Å². The van der Waals surface area contributed by atoms with Crippen molar-refractivity contribution in [2.45, 2.75) is 468 Å². The molecule has 0 atom stereocenters. The van der Waals surface area contributed by atoms with Crippen molar-refractivity contribution < 1.29 is 0 Å². The predicted molar refractivity (Wildman–Crippen MR) is 499 cm³/mol. The molecule has 9 saturated carbocycles. The van der Waals surface area contributed by atoms with Crippen LogP contribution in [0.1, 0.15) is 468 Å². The van der Waals surface area contributed by atoms with Gasteiger partial charge in [0, 0.05) is 0 Å². The molecule has 0 heterocycles. The first-order chi connectivity index (χ1) is 51.4. The molecule has 0 bridgehead atoms. The standard InChI is InChI=1S/3C12H25N.2C12H24.C11H23N.3C11H22.CH4/c3*1-10(2)8-11-4-6-12(7-5-11)9-13-3;2*1-4-11-5-7-12(8-6-11)9-10(2)3;1-9(2)7-10-3-5-11(8-12)6-4-10;3*1-9(2)8-11-6-4-10(3)5-7-11;/h3*10-13H,4-9H2,1-3H3;2*10-12H,4-9H2,1-3H3;9-11H,3-8,12H2,1-2H3;3*9-11H,4-8H2,1-3H3;1H4. The lowest BCUT2D eigenvalue weighted by atomic mass is 9.78. The molecule has 0 aromatic heterocycles. The fourth-order valence-corrected chi connectivity index (χ4v) is 22.0. The summed E-state index contributed by atoms with van der Waals surface area (Å²) in [6.45, 7) is 58.7. The maximum Gasteiger partial charge on any atom is -0.00235 e. The molecule has 9 aliphatic rings. The van der Waals surface area contributed by atoms with E-state index in [2.05, 4.69) is 196 Å². The highest BCUT2D eigenvalue weighted by atomic mass is 14.8. The van der Waals surface area contributed by atoms with Crippen LogP contribution in [0, 0.1) is 160 Å². The maximum absolute atomic E-state index is 5.65. The second-order valence-electron chi connectivity index (χ2n) is 44.1. The van der Waals surface area contributed by atoms with Gasteiger partial charge in [-0.3, -0.25) is 0 Å². The van der Waals surface area contributed by atoms with Crippen LogP contribution in [-0.4, -0.2) is 47.3 Å². The first-order valence-electron chi connectivity index (χ1n) is 50.0. The average Bonchev–Trinajstić information content (AvgIpc) is 0.727. The maximum atomic E-state index is 5.65. The summed E-state index contributed by atoms with van der Waals surface area (Å²) in [4.78, 5) is 0. The van der Waals surface area contributed by atoms with Crippen LogP contribution in [0.15, 0.2) is 0 Å². The number of hydrogen-bond donors (Lipinski definition) is 4. The van der Waals surface area contributed by atoms with Crippen LogP contribution < -0.4 is 21.7 Å². The minimum atomic E-state index is 0. The molecule has 9 rings (SSSR count). The molecule has 0 aromatic rings. The van der Waals surface area contributed by atoms with Crippen LogP contribution in [0.5, 0.6) is 0 Å². The fourth-order valence-electron chi connectivity index (χ4n) is 22.0. The molecule has 9 aliphatic carbocycles. The zero-order chi connectivity index (χ0) is 80.8. The first kappa shape index (κ1) is 109. The van der Waals surface area contributed by atoms with E-state index in [4.69, 9.17) is 5.73 Å². The fraction of sp³-hybridized carbons (Fsp3) is 1.00. The van der Waals surface area contributed by atoms with Crippen molar-refractivity contribution in [2.75, 3.05) is 47.3 Å². The molecule has 4 heteroatoms. The van der Waals surface area contributed by atoms with E-state index in [-0.39, 0.29) is 7.43 Å². The number of nitrogens with two attached hydrogens (primary N) is 1. The monoisotopic (exact) mass is 1530 g/mol. The third kappa shape index (κ3) is 60.9. The Morgan fingerprint density at radius 3 is 0.440 bits per heavy atom. The lowest BCUT2D eigenvalue weighted by molar-refractivity contribution is 0.240. The third-order valence-electron chi connectivity index (χ3n) is 28.4. The number of rotatable bonds is 27. The summed E-state index contributed by atoms with van der Waals surface area (Å²) >= 11 is 0. The van der Waals surface area contributed by atoms with Gasteiger partial charge in [-0.25, -0.2) is 0 Å². The van der Waals surface area contributed by atoms with Crippen molar-refractivity contribution in [3.05, 3.63) is 0 Å². The molecule has 5 N–H and O–H groups in total. The van der Waals surface area contributed by atoms with E-state index in [1.165, 1.54) is 321 Å². The Kier molecular flexibility index (Phi) is 67.6. The Morgan fingerprint density at radius 1 is 0.202 bits per heavy atom. The van der Waals surface area contributed by atoms with Gasteiger partial charge in [0.05, 0.1) is 0 Å². The summed E-state index contributed by atoms with van der Waals surface area (Å²) in [6, 6.07) is 0. The largest absolute Gasteiger partial charge is 0.330 e. The van der Waals surface area contributed by atoms with Gasteiger partial charge in [-0.05, 0) is 316 Å². The van der Waals surface area contributed by atoms with Gasteiger partial charge in [0.1, 0.15) is 0 Å². The zero-order valence-electron chi connectivity index (χ0n) is 79.7. The Labute approximate surface area is 693 Å². The number of hydrogen-bond acceptors (Lipinski definition) is 4. The minimum Gasteiger partial charge on any atom is -0.330 e. The summed E-state index contributed by atoms with van der Waals surface area (Å²) in [6.07, 6.45) is 69.1. The van der Waals surface area contributed by atoms with Crippen LogP contribution in [-0.2, 0) is 0 Å². The van der Waals surface area contributed by atoms with Crippen molar-refractivity contribution in [1.29, 1.82) is 0 Å². The van der Waals surface area contributed by atoms with Crippen LogP contribution in [0.25, 0.3) is 0 Å². The van der Waals surface area contributed by atoms with Crippen molar-refractivity contribution in [3.8, 4) is 0 Å². The zero-order valence-corrected chi connectivity index (χ0v) is 79.7. The van der Waals surface area contributed by atoms with Gasteiger partial charge in [-0.2, -0.15) is 0 Å². The Morgan fingerprint density at radius 2 is 0.321 bits per heavy atom. The van der Waals surface area contributed by atoms with Crippen LogP contribution >= 0.6 is 0 Å². The van der Waals surface area contributed by atoms with Gasteiger partial charge in [0.25, 0.3) is 0 Å². The highest BCUT2D eigenvalue weighted by Crippen LogP contribution is 2.40. The molecular weight excluding hydrogens is 1320 g/mol. The Balaban J connectivity index is 0.00000120. The van der Waals surface area contributed by atoms with E-state index in [1.54, 1.807) is 0 Å². The predicted octanol–water partition coefficient (Wildman–Crippen LogP) is 32.7. The SMILES string of the molecule is C.CC(C)CC1CCC(C)CC1.CC(C)CC1CCC(C)CC1.CC(C)CC1CCC(C)CC1.CC(C)CC1CCC(CN)CC1.CCC1CCC(CC(C)C)CC1.CCC1CCC(CC(C)C)CC1.CNCC1CCC(CC(C)C)CC1.CNCC1CCC(CC(C)C)CC1.CNCC1CCC(CC(C)C)CC1. The quantitative estimate of drug-likeness (QED) is 0.0662. The minimum absolute atomic E-state index is 0. The van der Waals surface area contributed by atoms with E-state index < -0.39 is 0 Å². The van der Waals surface area contributed by atoms with Gasteiger partial charge in [-0.15, -0.1) is 0 Å². The molecule has 9 fully saturated rings. The van der Waals surface area contributed by atoms with Gasteiger partial charge in [-0.1, -0.05) is 359 Å². The molecule has 656 valence electrons. The average molecular weight is 1530 g/mol. The first-order valence-corrected chi connectivity index (χ1v) is 50.0. The van der Waals surface area contributed by atoms with Gasteiger partial charge < -0.3 is 21.7 Å². The van der Waals surface area contributed by atoms with Crippen LogP contribution in [0.3, 0.4) is 0 Å². The lowest BCUT2D eigenvalue weighted by Crippen LogP contribution is -2.24. The molecule has 4 nitrogen and oxygen atoms in total. The molecule has 0 saturated heterocycles. The molecule has 109 heavy (non-hydrogen) atoms. The van der Waals surface area contributed by atoms with Gasteiger partial charge >= 0.3 is 0 Å². The van der Waals surface area contributed by atoms with Gasteiger partial charge in [0.15, 0.2) is 0 Å². The molecule has 0 amide bonds. The molecule has 0 unspecified atom stereocenters. The summed E-state index contributed by atoms with van der Waals surface area (Å²) in [5, 5.41) is 9.88. The smallest absolute Gasteiger partial charge is 0.00235 e. The van der Waals surface area contributed by atoms with Crippen molar-refractivity contribution in [3.63, 3.8) is 0 Å². The highest BCUT2D eigenvalue weighted by molar-refractivity contribution is 4.81. The van der Waals surface area contributed by atoms with E-state index in [0.717, 1.165) is 166 Å². The van der Waals surface area contributed by atoms with Gasteiger partial charge in [0.2, 0.25) is 0 Å². The second kappa shape index (κ2) is 67.7. The third-order valence-corrected chi connectivity index (χ3v) is 28.4. The molecule has 0 spiro atoms. The summed E-state index contributed by atoms with van der Waals surface area (Å²) in [5.41, 5.74) is 5.65.